The van der Waals surface area contributed by atoms with Crippen LogP contribution in [0.5, 0.6) is 0 Å². The van der Waals surface area contributed by atoms with Crippen molar-refractivity contribution < 1.29 is 118 Å². The fraction of sp³-hybridized carbons (Fsp3) is 0.218. The van der Waals surface area contributed by atoms with Crippen molar-refractivity contribution in [2.45, 2.75) is 118 Å². The molecule has 0 saturated carbocycles. The third-order valence-electron chi connectivity index (χ3n) is 15.6. The summed E-state index contributed by atoms with van der Waals surface area (Å²) in [6.07, 6.45) is 3.61. The first-order chi connectivity index (χ1) is 46.1. The van der Waals surface area contributed by atoms with Crippen LogP contribution in [0.2, 0.25) is 0 Å². The van der Waals surface area contributed by atoms with Crippen LogP contribution in [-0.4, -0.2) is 64.1 Å². The van der Waals surface area contributed by atoms with E-state index in [9.17, 15) is 0 Å². The molecular weight excluding hydrogens is 1440 g/mol. The van der Waals surface area contributed by atoms with E-state index >= 15 is 0 Å². The Hall–Kier alpha value is -6.47. The van der Waals surface area contributed by atoms with Crippen molar-refractivity contribution in [3.05, 3.63) is 336 Å². The first kappa shape index (κ1) is 98.6. The molecule has 2 aromatic heterocycles. The molecule has 0 bridgehead atoms. The van der Waals surface area contributed by atoms with Crippen LogP contribution in [0.4, 0.5) is 22.7 Å². The van der Waals surface area contributed by atoms with Gasteiger partial charge < -0.3 is 23.7 Å². The molecule has 0 amide bonds. The van der Waals surface area contributed by atoms with Crippen LogP contribution < -0.4 is 20.7 Å². The predicted octanol–water partition coefficient (Wildman–Crippen LogP) is 19.7. The quantitative estimate of drug-likeness (QED) is 0.0275. The number of aliphatic imine (C=N–C) groups is 4. The third kappa shape index (κ3) is 30.5. The summed E-state index contributed by atoms with van der Waals surface area (Å²) in [5, 5.41) is 17.2. The standard InChI is InChI=1S/2C27H31N3.C15H16OSi.C15H15OSi.CH4.2CH3.2Ar.2Co.N2/c2*1-16-12-18(3)26(19(4)13-16)28-22(7)24-10-9-11-25(30-24)23(8)29-27-20(5)14-17(2)15-21(27)6;2*1-2-13-16-17(14-9-5-3-6-10-14)15-11-7-4-8-12-15;;;;;;;;1-2/h2*9-15H,1-8H3;2-12,17H,1,13H2;2-12H,1,13H2;1H4;2*1H3;;;;;/q;;;;;2*-1;;;;;. The fourth-order valence-electron chi connectivity index (χ4n) is 11.4. The van der Waals surface area contributed by atoms with Crippen LogP contribution in [0.1, 0.15) is 125 Å². The second-order valence-electron chi connectivity index (χ2n) is 24.1. The topological polar surface area (TPSA) is 141 Å². The Morgan fingerprint density at radius 2 is 0.602 bits per heavy atom. The second-order valence-corrected chi connectivity index (χ2v) is 28.6. The zero-order chi connectivity index (χ0) is 69.8. The van der Waals surface area contributed by atoms with E-state index < -0.39 is 18.1 Å². The molecule has 3 radical (unpaired) electrons. The Kier molecular flexibility index (Phi) is 48.7. The average molecular weight is 1550 g/mol. The maximum atomic E-state index is 6.00. The zero-order valence-corrected chi connectivity index (χ0v) is 68.1. The minimum Gasteiger partial charge on any atom is -0.407 e. The van der Waals surface area contributed by atoms with Crippen molar-refractivity contribution in [1.82, 2.24) is 9.97 Å². The fourth-order valence-corrected chi connectivity index (χ4v) is 15.6. The van der Waals surface area contributed by atoms with Gasteiger partial charge in [-0.05, 0) is 200 Å². The molecule has 0 unspecified atom stereocenters. The monoisotopic (exact) mass is 1550 g/mol. The number of hydrogen-bond donors (Lipinski definition) is 0. The minimum atomic E-state index is -1.54. The maximum absolute atomic E-state index is 6.00. The van der Waals surface area contributed by atoms with E-state index in [0.29, 0.717) is 13.2 Å². The van der Waals surface area contributed by atoms with Gasteiger partial charge in [0.1, 0.15) is 0 Å². The molecule has 16 heteroatoms. The average Bonchev–Trinajstić information content (AvgIpc) is 0.842. The summed E-state index contributed by atoms with van der Waals surface area (Å²) in [5.41, 5.74) is 25.8. The molecule has 0 aliphatic carbocycles. The van der Waals surface area contributed by atoms with E-state index in [1.165, 1.54) is 87.5 Å². The minimum absolute atomic E-state index is 0. The number of pyridine rings is 2. The van der Waals surface area contributed by atoms with E-state index in [1.54, 1.807) is 6.08 Å². The molecule has 547 valence electrons. The molecule has 103 heavy (non-hydrogen) atoms. The van der Waals surface area contributed by atoms with Gasteiger partial charge >= 0.3 is 0 Å². The van der Waals surface area contributed by atoms with Gasteiger partial charge in [0.25, 0.3) is 9.04 Å². The number of aromatic nitrogens is 2. The van der Waals surface area contributed by atoms with Gasteiger partial charge in [-0.1, -0.05) is 224 Å². The summed E-state index contributed by atoms with van der Waals surface area (Å²) in [6, 6.07) is 71.2. The van der Waals surface area contributed by atoms with Crippen molar-refractivity contribution in [2.24, 2.45) is 20.0 Å². The van der Waals surface area contributed by atoms with Gasteiger partial charge in [0.15, 0.2) is 0 Å². The normalized spacial score (nSPS) is 10.7. The van der Waals surface area contributed by atoms with Gasteiger partial charge in [-0.2, -0.15) is 0 Å². The molecule has 8 aromatic carbocycles. The Balaban J connectivity index is 0. The molecule has 0 aliphatic heterocycles. The van der Waals surface area contributed by atoms with Crippen molar-refractivity contribution in [1.29, 1.82) is 10.8 Å². The van der Waals surface area contributed by atoms with Crippen LogP contribution in [0.25, 0.3) is 0 Å². The molecule has 0 saturated heterocycles. The molecule has 0 N–H and O–H groups in total. The van der Waals surface area contributed by atoms with Crippen molar-refractivity contribution in [3.63, 3.8) is 0 Å². The Labute approximate surface area is 702 Å². The Morgan fingerprint density at radius 1 is 0.379 bits per heavy atom. The predicted molar refractivity (Wildman–Crippen MR) is 431 cm³/mol. The molecule has 10 aromatic rings. The van der Waals surface area contributed by atoms with Crippen LogP contribution in [-0.2, 0) is 42.4 Å². The SMILES string of the molecule is C.C=CCO[SiH](c1ccccc1)c1ccccc1.C=CCO[Si](c1ccccc1)c1ccccc1.CC(=Nc1c(C)cc(C)cc1C)c1cccc(C(C)=Nc2c(C)cc(C)cc2C)n1.CC(=Nc1c(C)cc(C)cc1C)c1cccc(C(C)=Nc2c(C)cc(C)cc2C)n1.N#N.[Ar].[Ar].[CH3-].[CH3-].[Co].[Co]. The molecule has 0 atom stereocenters. The zero-order valence-electron chi connectivity index (χ0n) is 62.5. The summed E-state index contributed by atoms with van der Waals surface area (Å²) in [7, 11) is -2.67. The summed E-state index contributed by atoms with van der Waals surface area (Å²) < 4.78 is 11.9. The van der Waals surface area contributed by atoms with Crippen LogP contribution in [0, 0.1) is 184 Å². The molecule has 10 nitrogen and oxygen atoms in total. The van der Waals surface area contributed by atoms with E-state index in [-0.39, 0.29) is 131 Å². The van der Waals surface area contributed by atoms with Gasteiger partial charge in [-0.15, -0.1) is 13.2 Å². The first-order valence-electron chi connectivity index (χ1n) is 32.4. The summed E-state index contributed by atoms with van der Waals surface area (Å²) in [6.45, 7) is 42.1. The summed E-state index contributed by atoms with van der Waals surface area (Å²) >= 11 is 0. The van der Waals surface area contributed by atoms with Crippen molar-refractivity contribution in [2.75, 3.05) is 13.2 Å². The maximum Gasteiger partial charge on any atom is 0.283 e. The Bertz CT molecular complexity index is 3770. The van der Waals surface area contributed by atoms with Gasteiger partial charge in [0, 0.05) is 120 Å². The molecule has 10 rings (SSSR count). The van der Waals surface area contributed by atoms with Gasteiger partial charge in [-0.25, -0.2) is 9.97 Å². The third-order valence-corrected chi connectivity index (χ3v) is 20.3. The summed E-state index contributed by atoms with van der Waals surface area (Å²) in [5.74, 6) is 0. The summed E-state index contributed by atoms with van der Waals surface area (Å²) in [4.78, 5) is 29.3. The number of aryl methyl sites for hydroxylation is 12. The van der Waals surface area contributed by atoms with Gasteiger partial charge in [-0.3, -0.25) is 20.0 Å². The smallest absolute Gasteiger partial charge is 0.283 e. The number of hydrogen-bond acceptors (Lipinski definition) is 10. The number of nitrogens with zero attached hydrogens (tertiary/aromatic N) is 8. The molecule has 0 spiro atoms. The van der Waals surface area contributed by atoms with Crippen molar-refractivity contribution >= 4 is 84.4 Å². The van der Waals surface area contributed by atoms with E-state index in [0.717, 1.165) is 68.4 Å². The molecular formula is C87H103Ar2Co2N8O2Si2-2. The Morgan fingerprint density at radius 3 is 0.825 bits per heavy atom. The van der Waals surface area contributed by atoms with Crippen LogP contribution in [0.15, 0.2) is 252 Å². The van der Waals surface area contributed by atoms with Crippen LogP contribution in [0.3, 0.4) is 0 Å². The van der Waals surface area contributed by atoms with Crippen LogP contribution >= 0.6 is 0 Å². The molecule has 2 heterocycles. The van der Waals surface area contributed by atoms with Gasteiger partial charge in [0.2, 0.25) is 9.04 Å². The van der Waals surface area contributed by atoms with E-state index in [4.69, 9.17) is 49.6 Å². The molecule has 0 aliphatic rings. The van der Waals surface area contributed by atoms with Crippen molar-refractivity contribution in [3.8, 4) is 0 Å². The second kappa shape index (κ2) is 50.9. The molecule has 0 fully saturated rings. The number of benzene rings is 8. The largest absolute Gasteiger partial charge is 0.407 e. The first-order valence-corrected chi connectivity index (χ1v) is 35.4. The number of rotatable bonds is 18. The van der Waals surface area contributed by atoms with Gasteiger partial charge in [0.05, 0.1) is 81.6 Å². The van der Waals surface area contributed by atoms with E-state index in [2.05, 4.69) is 242 Å². The van der Waals surface area contributed by atoms with E-state index in [1.807, 2.05) is 94.4 Å².